The smallest absolute Gasteiger partial charge is 0.0952 e. The van der Waals surface area contributed by atoms with Gasteiger partial charge in [0.1, 0.15) is 0 Å². The molecular formula is C13H21NO. The molecule has 0 bridgehead atoms. The number of nitrogens with one attached hydrogen (secondary N) is 1. The summed E-state index contributed by atoms with van der Waals surface area (Å²) < 4.78 is 5.85. The van der Waals surface area contributed by atoms with Gasteiger partial charge in [-0.1, -0.05) is 29.8 Å². The van der Waals surface area contributed by atoms with Crippen LogP contribution in [0.5, 0.6) is 0 Å². The maximum absolute atomic E-state index is 5.85. The lowest BCUT2D eigenvalue weighted by Gasteiger charge is -2.20. The number of rotatable bonds is 5. The van der Waals surface area contributed by atoms with E-state index in [1.165, 1.54) is 11.1 Å². The van der Waals surface area contributed by atoms with Gasteiger partial charge in [-0.05, 0) is 33.4 Å². The number of benzene rings is 1. The number of aryl methyl sites for hydroxylation is 1. The van der Waals surface area contributed by atoms with Gasteiger partial charge in [0.25, 0.3) is 0 Å². The Hall–Kier alpha value is -0.860. The molecule has 0 saturated carbocycles. The Kier molecular flexibility index (Phi) is 4.79. The van der Waals surface area contributed by atoms with Gasteiger partial charge in [-0.3, -0.25) is 0 Å². The summed E-state index contributed by atoms with van der Waals surface area (Å²) in [6.07, 6.45) is 0.403. The summed E-state index contributed by atoms with van der Waals surface area (Å²) in [7, 11) is 1.95. The largest absolute Gasteiger partial charge is 0.370 e. The summed E-state index contributed by atoms with van der Waals surface area (Å²) in [5.74, 6) is 0. The van der Waals surface area contributed by atoms with Gasteiger partial charge in [-0.25, -0.2) is 0 Å². The van der Waals surface area contributed by atoms with E-state index in [1.807, 2.05) is 7.05 Å². The molecule has 2 heteroatoms. The Morgan fingerprint density at radius 2 is 1.80 bits per heavy atom. The predicted octanol–water partition coefficient (Wildman–Crippen LogP) is 2.68. The zero-order valence-corrected chi connectivity index (χ0v) is 10.1. The van der Waals surface area contributed by atoms with Gasteiger partial charge in [0.15, 0.2) is 0 Å². The van der Waals surface area contributed by atoms with Gasteiger partial charge in [0.2, 0.25) is 0 Å². The molecule has 2 nitrogen and oxygen atoms in total. The lowest BCUT2D eigenvalue weighted by atomic mass is 10.1. The molecule has 0 aromatic heterocycles. The molecule has 0 saturated heterocycles. The first-order chi connectivity index (χ1) is 7.13. The van der Waals surface area contributed by atoms with Crippen LogP contribution in [0.3, 0.4) is 0 Å². The van der Waals surface area contributed by atoms with E-state index in [1.54, 1.807) is 0 Å². The van der Waals surface area contributed by atoms with Crippen molar-refractivity contribution in [3.05, 3.63) is 35.4 Å². The highest BCUT2D eigenvalue weighted by molar-refractivity contribution is 5.23. The fourth-order valence-electron chi connectivity index (χ4n) is 1.54. The first-order valence-electron chi connectivity index (χ1n) is 5.50. The van der Waals surface area contributed by atoms with Crippen molar-refractivity contribution in [2.75, 3.05) is 13.6 Å². The van der Waals surface area contributed by atoms with Crippen LogP contribution in [0.25, 0.3) is 0 Å². The lowest BCUT2D eigenvalue weighted by Crippen LogP contribution is -2.22. The van der Waals surface area contributed by atoms with Crippen LogP contribution < -0.4 is 5.32 Å². The zero-order chi connectivity index (χ0) is 11.3. The third-order valence-electron chi connectivity index (χ3n) is 2.28. The molecule has 1 rings (SSSR count). The van der Waals surface area contributed by atoms with Crippen molar-refractivity contribution >= 4 is 0 Å². The van der Waals surface area contributed by atoms with Gasteiger partial charge >= 0.3 is 0 Å². The molecule has 0 heterocycles. The molecule has 1 atom stereocenters. The van der Waals surface area contributed by atoms with Crippen LogP contribution in [-0.4, -0.2) is 19.7 Å². The molecule has 84 valence electrons. The minimum atomic E-state index is 0.149. The van der Waals surface area contributed by atoms with Gasteiger partial charge in [-0.2, -0.15) is 0 Å². The molecule has 1 aromatic carbocycles. The summed E-state index contributed by atoms with van der Waals surface area (Å²) in [6.45, 7) is 7.08. The Morgan fingerprint density at radius 1 is 1.20 bits per heavy atom. The maximum Gasteiger partial charge on any atom is 0.0952 e. The lowest BCUT2D eigenvalue weighted by molar-refractivity contribution is 0.00814. The molecule has 0 aliphatic carbocycles. The van der Waals surface area contributed by atoms with Crippen molar-refractivity contribution in [3.63, 3.8) is 0 Å². The molecule has 0 aliphatic rings. The van der Waals surface area contributed by atoms with E-state index in [0.717, 1.165) is 6.54 Å². The van der Waals surface area contributed by atoms with Gasteiger partial charge in [0, 0.05) is 6.54 Å². The van der Waals surface area contributed by atoms with E-state index >= 15 is 0 Å². The highest BCUT2D eigenvalue weighted by Gasteiger charge is 2.12. The zero-order valence-electron chi connectivity index (χ0n) is 10.1. The second-order valence-corrected chi connectivity index (χ2v) is 4.14. The normalized spacial score (nSPS) is 13.1. The van der Waals surface area contributed by atoms with E-state index in [4.69, 9.17) is 4.74 Å². The van der Waals surface area contributed by atoms with Crippen LogP contribution in [0, 0.1) is 6.92 Å². The summed E-state index contributed by atoms with van der Waals surface area (Å²) in [5, 5.41) is 3.16. The van der Waals surface area contributed by atoms with E-state index < -0.39 is 0 Å². The van der Waals surface area contributed by atoms with Crippen LogP contribution in [0.4, 0.5) is 0 Å². The highest BCUT2D eigenvalue weighted by Crippen LogP contribution is 2.18. The highest BCUT2D eigenvalue weighted by atomic mass is 16.5. The second-order valence-electron chi connectivity index (χ2n) is 4.14. The van der Waals surface area contributed by atoms with Crippen LogP contribution in [0.15, 0.2) is 24.3 Å². The minimum absolute atomic E-state index is 0.149. The van der Waals surface area contributed by atoms with Crippen LogP contribution in [0.2, 0.25) is 0 Å². The number of hydrogen-bond donors (Lipinski definition) is 1. The van der Waals surface area contributed by atoms with Gasteiger partial charge in [-0.15, -0.1) is 0 Å². The topological polar surface area (TPSA) is 21.3 Å². The van der Waals surface area contributed by atoms with Crippen molar-refractivity contribution in [2.24, 2.45) is 0 Å². The molecule has 1 aromatic rings. The van der Waals surface area contributed by atoms with Crippen molar-refractivity contribution in [1.29, 1.82) is 0 Å². The maximum atomic E-state index is 5.85. The summed E-state index contributed by atoms with van der Waals surface area (Å²) in [5.41, 5.74) is 2.52. The summed E-state index contributed by atoms with van der Waals surface area (Å²) in [6, 6.07) is 8.53. The summed E-state index contributed by atoms with van der Waals surface area (Å²) in [4.78, 5) is 0. The van der Waals surface area contributed by atoms with E-state index in [-0.39, 0.29) is 12.2 Å². The average Bonchev–Trinajstić information content (AvgIpc) is 2.17. The third-order valence-corrected chi connectivity index (χ3v) is 2.28. The second kappa shape index (κ2) is 5.89. The molecule has 0 fully saturated rings. The molecule has 0 aliphatic heterocycles. The average molecular weight is 207 g/mol. The fourth-order valence-corrected chi connectivity index (χ4v) is 1.54. The van der Waals surface area contributed by atoms with Crippen molar-refractivity contribution in [1.82, 2.24) is 5.32 Å². The first-order valence-corrected chi connectivity index (χ1v) is 5.50. The van der Waals surface area contributed by atoms with Gasteiger partial charge < -0.3 is 10.1 Å². The molecule has 0 spiro atoms. The Morgan fingerprint density at radius 3 is 2.27 bits per heavy atom. The van der Waals surface area contributed by atoms with E-state index in [2.05, 4.69) is 50.4 Å². The van der Waals surface area contributed by atoms with Gasteiger partial charge in [0.05, 0.1) is 12.2 Å². The van der Waals surface area contributed by atoms with E-state index in [9.17, 15) is 0 Å². The minimum Gasteiger partial charge on any atom is -0.370 e. The standard InChI is InChI=1S/C13H21NO/c1-10(2)15-13(9-14-4)12-7-5-11(3)6-8-12/h5-8,10,13-14H,9H2,1-4H3. The van der Waals surface area contributed by atoms with E-state index in [0.29, 0.717) is 0 Å². The SMILES string of the molecule is CNCC(OC(C)C)c1ccc(C)cc1. The van der Waals surface area contributed by atoms with Crippen molar-refractivity contribution < 1.29 is 4.74 Å². The Labute approximate surface area is 92.6 Å². The van der Waals surface area contributed by atoms with Crippen molar-refractivity contribution in [2.45, 2.75) is 33.0 Å². The monoisotopic (exact) mass is 207 g/mol. The molecule has 0 amide bonds. The third kappa shape index (κ3) is 4.02. The Balaban J connectivity index is 2.74. The fraction of sp³-hybridized carbons (Fsp3) is 0.538. The molecule has 1 unspecified atom stereocenters. The van der Waals surface area contributed by atoms with Crippen LogP contribution >= 0.6 is 0 Å². The van der Waals surface area contributed by atoms with Crippen molar-refractivity contribution in [3.8, 4) is 0 Å². The molecule has 0 radical (unpaired) electrons. The molecular weight excluding hydrogens is 186 g/mol. The molecule has 15 heavy (non-hydrogen) atoms. The molecule has 1 N–H and O–H groups in total. The Bertz CT molecular complexity index is 279. The first kappa shape index (κ1) is 12.2. The summed E-state index contributed by atoms with van der Waals surface area (Å²) >= 11 is 0. The predicted molar refractivity (Wildman–Crippen MR) is 64.1 cm³/mol. The van der Waals surface area contributed by atoms with Crippen LogP contribution in [0.1, 0.15) is 31.1 Å². The number of ether oxygens (including phenoxy) is 1. The van der Waals surface area contributed by atoms with Crippen LogP contribution in [-0.2, 0) is 4.74 Å². The number of hydrogen-bond acceptors (Lipinski definition) is 2. The quantitative estimate of drug-likeness (QED) is 0.801. The number of likely N-dealkylation sites (N-methyl/N-ethyl adjacent to an activating group) is 1.